The third kappa shape index (κ3) is 5.21. The number of carbonyl (C=O) groups excluding carboxylic acids is 2. The lowest BCUT2D eigenvalue weighted by Crippen LogP contribution is -2.53. The fraction of sp³-hybridized carbons (Fsp3) is 0.560. The van der Waals surface area contributed by atoms with Gasteiger partial charge in [0.05, 0.1) is 26.4 Å². The fourth-order valence-electron chi connectivity index (χ4n) is 4.79. The molecule has 8 nitrogen and oxygen atoms in total. The first kappa shape index (κ1) is 23.3. The molecule has 3 aliphatic rings. The zero-order chi connectivity index (χ0) is 23.4. The first-order valence-corrected chi connectivity index (χ1v) is 11.8. The van der Waals surface area contributed by atoms with Crippen molar-refractivity contribution in [3.63, 3.8) is 0 Å². The number of hydrogen-bond acceptors (Lipinski definition) is 6. The molecule has 0 aliphatic carbocycles. The summed E-state index contributed by atoms with van der Waals surface area (Å²) in [6.07, 6.45) is 3.92. The molecule has 0 spiro atoms. The van der Waals surface area contributed by atoms with Crippen LogP contribution in [0.1, 0.15) is 38.7 Å². The molecule has 2 fully saturated rings. The predicted octanol–water partition coefficient (Wildman–Crippen LogP) is 3.08. The number of allylic oxidation sites excluding steroid dienone is 1. The number of anilines is 1. The summed E-state index contributed by atoms with van der Waals surface area (Å²) < 4.78 is 10.2. The second kappa shape index (κ2) is 10.4. The van der Waals surface area contributed by atoms with Crippen LogP contribution in [0.2, 0.25) is 0 Å². The number of carbonyl (C=O) groups is 2. The van der Waals surface area contributed by atoms with Crippen LogP contribution in [0.15, 0.2) is 35.5 Å². The third-order valence-corrected chi connectivity index (χ3v) is 6.68. The topological polar surface area (TPSA) is 83.5 Å². The summed E-state index contributed by atoms with van der Waals surface area (Å²) in [5.74, 6) is -0.106. The van der Waals surface area contributed by atoms with Crippen molar-refractivity contribution in [1.82, 2.24) is 10.2 Å². The highest BCUT2D eigenvalue weighted by atomic mass is 16.5. The van der Waals surface area contributed by atoms with Gasteiger partial charge < -0.3 is 24.6 Å². The molecule has 1 N–H and O–H groups in total. The molecule has 4 rings (SSSR count). The quantitative estimate of drug-likeness (QED) is 0.714. The number of hydrogen-bond donors (Lipinski definition) is 1. The molecule has 0 aromatic heterocycles. The maximum Gasteiger partial charge on any atom is 0.407 e. The van der Waals surface area contributed by atoms with E-state index in [0.29, 0.717) is 6.54 Å². The largest absolute Gasteiger partial charge is 0.453 e. The minimum Gasteiger partial charge on any atom is -0.453 e. The van der Waals surface area contributed by atoms with Gasteiger partial charge in [-0.1, -0.05) is 26.0 Å². The van der Waals surface area contributed by atoms with Crippen molar-refractivity contribution in [3.8, 4) is 0 Å². The molecular weight excluding hydrogens is 420 g/mol. The molecule has 0 radical (unpaired) electrons. The first-order chi connectivity index (χ1) is 16.0. The Balaban J connectivity index is 1.40. The van der Waals surface area contributed by atoms with E-state index in [2.05, 4.69) is 34.5 Å². The molecule has 2 atom stereocenters. The Bertz CT molecular complexity index is 919. The zero-order valence-electron chi connectivity index (χ0n) is 19.8. The van der Waals surface area contributed by atoms with Crippen LogP contribution in [-0.4, -0.2) is 74.7 Å². The molecule has 2 saturated heterocycles. The molecule has 1 aromatic carbocycles. The molecule has 0 unspecified atom stereocenters. The number of aliphatic imine (C=N–C) groups is 1. The summed E-state index contributed by atoms with van der Waals surface area (Å²) >= 11 is 0. The number of morpholine rings is 1. The van der Waals surface area contributed by atoms with Gasteiger partial charge in [-0.25, -0.2) is 4.79 Å². The van der Waals surface area contributed by atoms with Gasteiger partial charge in [0, 0.05) is 43.7 Å². The highest BCUT2D eigenvalue weighted by molar-refractivity contribution is 6.03. The number of alkyl carbamates (subject to hydrolysis) is 1. The number of benzene rings is 1. The van der Waals surface area contributed by atoms with Gasteiger partial charge in [-0.3, -0.25) is 9.79 Å². The number of nitrogens with one attached hydrogen (secondary N) is 1. The van der Waals surface area contributed by atoms with E-state index < -0.39 is 12.1 Å². The molecule has 178 valence electrons. The number of methoxy groups -OCH3 is 1. The van der Waals surface area contributed by atoms with E-state index >= 15 is 0 Å². The highest BCUT2D eigenvalue weighted by Crippen LogP contribution is 2.31. The summed E-state index contributed by atoms with van der Waals surface area (Å²) in [5.41, 5.74) is 4.57. The van der Waals surface area contributed by atoms with Crippen molar-refractivity contribution in [2.45, 2.75) is 45.2 Å². The lowest BCUT2D eigenvalue weighted by molar-refractivity contribution is -0.134. The Morgan fingerprint density at radius 2 is 1.88 bits per heavy atom. The Hall–Kier alpha value is -2.87. The van der Waals surface area contributed by atoms with Crippen molar-refractivity contribution in [3.05, 3.63) is 36.0 Å². The number of likely N-dealkylation sites (tertiary alicyclic amines) is 1. The number of amides is 2. The number of nitrogens with zero attached hydrogens (tertiary/aromatic N) is 3. The summed E-state index contributed by atoms with van der Waals surface area (Å²) in [6.45, 7) is 7.92. The van der Waals surface area contributed by atoms with E-state index in [0.717, 1.165) is 56.8 Å². The minimum absolute atomic E-state index is 0.0282. The van der Waals surface area contributed by atoms with Crippen LogP contribution in [0.3, 0.4) is 0 Å². The van der Waals surface area contributed by atoms with E-state index in [1.807, 2.05) is 24.9 Å². The second-order valence-corrected chi connectivity index (χ2v) is 9.15. The van der Waals surface area contributed by atoms with Gasteiger partial charge in [-0.2, -0.15) is 0 Å². The normalized spacial score (nSPS) is 21.6. The summed E-state index contributed by atoms with van der Waals surface area (Å²) in [5, 5.41) is 2.70. The summed E-state index contributed by atoms with van der Waals surface area (Å²) in [7, 11) is 1.31. The number of rotatable bonds is 6. The Morgan fingerprint density at radius 1 is 1.15 bits per heavy atom. The van der Waals surface area contributed by atoms with E-state index in [4.69, 9.17) is 14.5 Å². The zero-order valence-corrected chi connectivity index (χ0v) is 19.8. The van der Waals surface area contributed by atoms with Crippen molar-refractivity contribution in [2.75, 3.05) is 44.9 Å². The predicted molar refractivity (Wildman–Crippen MR) is 128 cm³/mol. The lowest BCUT2D eigenvalue weighted by Gasteiger charge is -2.31. The van der Waals surface area contributed by atoms with Crippen LogP contribution in [-0.2, 0) is 14.3 Å². The standard InChI is InChI=1S/C25H34N4O4/c1-17(2)23(27-25(31)32-3)24(30)29-10-4-5-22(29)21-15-19(16-26-21)18-6-8-20(9-7-18)28-11-13-33-14-12-28/h6-9,16-17,22-23H,4-5,10-15H2,1-3H3,(H,27,31)/t22-,23-/m0/s1. The number of ether oxygens (including phenoxy) is 2. The van der Waals surface area contributed by atoms with Crippen LogP contribution in [0, 0.1) is 5.92 Å². The molecule has 3 heterocycles. The second-order valence-electron chi connectivity index (χ2n) is 9.15. The smallest absolute Gasteiger partial charge is 0.407 e. The molecule has 0 bridgehead atoms. The van der Waals surface area contributed by atoms with E-state index in [-0.39, 0.29) is 17.9 Å². The first-order valence-electron chi connectivity index (χ1n) is 11.8. The molecule has 0 saturated carbocycles. The van der Waals surface area contributed by atoms with Crippen molar-refractivity contribution < 1.29 is 19.1 Å². The monoisotopic (exact) mass is 454 g/mol. The van der Waals surface area contributed by atoms with E-state index in [1.165, 1.54) is 18.4 Å². The lowest BCUT2D eigenvalue weighted by atomic mass is 9.97. The third-order valence-electron chi connectivity index (χ3n) is 6.68. The van der Waals surface area contributed by atoms with Gasteiger partial charge in [0.2, 0.25) is 5.91 Å². The SMILES string of the molecule is COC(=O)N[C@H](C(=O)N1CCC[C@H]1C1=NC=C(c2ccc(N3CCOCC3)cc2)C1)C(C)C. The summed E-state index contributed by atoms with van der Waals surface area (Å²) in [4.78, 5) is 34.0. The van der Waals surface area contributed by atoms with Gasteiger partial charge in [0.25, 0.3) is 0 Å². The van der Waals surface area contributed by atoms with E-state index in [9.17, 15) is 9.59 Å². The molecule has 1 aromatic rings. The van der Waals surface area contributed by atoms with Crippen LogP contribution >= 0.6 is 0 Å². The summed E-state index contributed by atoms with van der Waals surface area (Å²) in [6, 6.07) is 8.00. The van der Waals surface area contributed by atoms with Crippen LogP contribution < -0.4 is 10.2 Å². The van der Waals surface area contributed by atoms with Crippen LogP contribution in [0.25, 0.3) is 5.57 Å². The van der Waals surface area contributed by atoms with Gasteiger partial charge in [-0.05, 0) is 42.0 Å². The van der Waals surface area contributed by atoms with Gasteiger partial charge in [-0.15, -0.1) is 0 Å². The van der Waals surface area contributed by atoms with Crippen LogP contribution in [0.4, 0.5) is 10.5 Å². The molecule has 8 heteroatoms. The molecule has 3 aliphatic heterocycles. The van der Waals surface area contributed by atoms with Crippen LogP contribution in [0.5, 0.6) is 0 Å². The van der Waals surface area contributed by atoms with E-state index in [1.54, 1.807) is 0 Å². The Morgan fingerprint density at radius 3 is 2.55 bits per heavy atom. The molecular formula is C25H34N4O4. The van der Waals surface area contributed by atoms with Gasteiger partial charge in [0.15, 0.2) is 0 Å². The van der Waals surface area contributed by atoms with Crippen molar-refractivity contribution in [1.29, 1.82) is 0 Å². The average Bonchev–Trinajstić information content (AvgIpc) is 3.52. The fourth-order valence-corrected chi connectivity index (χ4v) is 4.79. The Labute approximate surface area is 195 Å². The maximum atomic E-state index is 13.3. The van der Waals surface area contributed by atoms with Crippen molar-refractivity contribution >= 4 is 29.0 Å². The highest BCUT2D eigenvalue weighted by Gasteiger charge is 2.38. The van der Waals surface area contributed by atoms with Gasteiger partial charge >= 0.3 is 6.09 Å². The van der Waals surface area contributed by atoms with Crippen molar-refractivity contribution in [2.24, 2.45) is 10.9 Å². The average molecular weight is 455 g/mol. The maximum absolute atomic E-state index is 13.3. The molecule has 33 heavy (non-hydrogen) atoms. The Kier molecular flexibility index (Phi) is 7.33. The van der Waals surface area contributed by atoms with Gasteiger partial charge in [0.1, 0.15) is 6.04 Å². The minimum atomic E-state index is -0.611. The molecule has 2 amide bonds.